The second-order valence-electron chi connectivity index (χ2n) is 20.8. The molecule has 2 unspecified atom stereocenters. The van der Waals surface area contributed by atoms with Crippen LogP contribution in [0.4, 0.5) is 27.1 Å². The molecule has 0 spiro atoms. The van der Waals surface area contributed by atoms with E-state index in [9.17, 15) is 4.79 Å². The lowest BCUT2D eigenvalue weighted by atomic mass is 9.71. The number of H-pyrrole nitrogens is 1. The second kappa shape index (κ2) is 20.3. The van der Waals surface area contributed by atoms with E-state index in [1.165, 1.54) is 11.3 Å². The number of amides is 1. The number of benzene rings is 1. The first-order valence-electron chi connectivity index (χ1n) is 25.5. The highest BCUT2D eigenvalue weighted by molar-refractivity contribution is 6.03. The van der Waals surface area contributed by atoms with Crippen LogP contribution in [0.25, 0.3) is 27.7 Å². The van der Waals surface area contributed by atoms with Crippen LogP contribution in [0.3, 0.4) is 0 Å². The Labute approximate surface area is 421 Å². The Balaban J connectivity index is 0.000000295. The lowest BCUT2D eigenvalue weighted by Crippen LogP contribution is -2.35. The average molecular weight is 953 g/mol. The molecule has 4 aromatic heterocycles. The minimum absolute atomic E-state index is 0. The van der Waals surface area contributed by atoms with Gasteiger partial charge in [-0.15, -0.1) is 5.73 Å². The summed E-state index contributed by atoms with van der Waals surface area (Å²) in [6.45, 7) is 29.4. The van der Waals surface area contributed by atoms with Crippen molar-refractivity contribution < 1.29 is 14.9 Å². The fraction of sp³-hybridized carbons (Fsp3) is 0.466. The van der Waals surface area contributed by atoms with Crippen LogP contribution in [0.15, 0.2) is 89.2 Å². The maximum absolute atomic E-state index is 15.2. The van der Waals surface area contributed by atoms with E-state index < -0.39 is 0 Å². The van der Waals surface area contributed by atoms with Gasteiger partial charge in [0.15, 0.2) is 0 Å². The van der Waals surface area contributed by atoms with Crippen LogP contribution in [0.1, 0.15) is 129 Å². The Bertz CT molecular complexity index is 2960. The number of rotatable bonds is 9. The first-order chi connectivity index (χ1) is 33.5. The van der Waals surface area contributed by atoms with E-state index in [-0.39, 0.29) is 40.1 Å². The largest absolute Gasteiger partial charge is 0.351 e. The summed E-state index contributed by atoms with van der Waals surface area (Å²) in [5.74, 6) is 0.935. The molecule has 1 aliphatic carbocycles. The number of nitrogens with one attached hydrogen (secondary N) is 3. The molecule has 5 aliphatic rings. The van der Waals surface area contributed by atoms with Crippen molar-refractivity contribution in [3.8, 4) is 11.1 Å². The Morgan fingerprint density at radius 1 is 0.800 bits per heavy atom. The number of aliphatic imine (C=N–C) groups is 2. The number of carbonyl (C=O) groups is 1. The van der Waals surface area contributed by atoms with Gasteiger partial charge in [0.05, 0.1) is 52.7 Å². The Hall–Kier alpha value is -6.07. The maximum atomic E-state index is 15.2. The first-order valence-corrected chi connectivity index (χ1v) is 25.5. The molecule has 2 atom stereocenters. The zero-order valence-corrected chi connectivity index (χ0v) is 43.6. The van der Waals surface area contributed by atoms with Crippen molar-refractivity contribution >= 4 is 56.7 Å². The van der Waals surface area contributed by atoms with E-state index in [0.29, 0.717) is 28.9 Å². The van der Waals surface area contributed by atoms with Crippen molar-refractivity contribution in [1.29, 1.82) is 0 Å². The maximum Gasteiger partial charge on any atom is 0.227 e. The van der Waals surface area contributed by atoms with Gasteiger partial charge in [0.1, 0.15) is 17.2 Å². The molecule has 1 amide bonds. The van der Waals surface area contributed by atoms with Gasteiger partial charge in [0.25, 0.3) is 0 Å². The number of hydrogen-bond acceptors (Lipinski definition) is 9. The Morgan fingerprint density at radius 3 is 2.07 bits per heavy atom. The third-order valence-electron chi connectivity index (χ3n) is 16.3. The molecule has 376 valence electrons. The molecule has 2 saturated heterocycles. The standard InChI is InChI=1S/C29H35N5.C27H32FN5O.C2H6.4H2/c1-7-25(20-10-12-34(6)13-11-20)33-21-14-23-22(8-9-26(23)30-16-21)27-15-24-28(17-31-27)32-19(4)29(24,5)18(2)3;1-15(2)27(4)16(3)31-24-22(27)10-18(11-23(24)28)21-14-30-25-20(21)12-19(13-29-25)32-26(34)17-6-8-33(5)9-7-17;1-2;;;;/h8,14-18,20,33H,1,9-13H2,2-6H3;10-15,17H,6-9H2,1-5H3,(H,29,30)(H,32,34);1-2H3;4*1H. The smallest absolute Gasteiger partial charge is 0.227 e. The zero-order chi connectivity index (χ0) is 50.2. The quantitative estimate of drug-likeness (QED) is 0.126. The molecule has 0 radical (unpaired) electrons. The molecule has 1 aromatic carbocycles. The zero-order valence-electron chi connectivity index (χ0n) is 43.6. The van der Waals surface area contributed by atoms with Gasteiger partial charge in [-0.2, -0.15) is 0 Å². The van der Waals surface area contributed by atoms with Crippen molar-refractivity contribution in [3.63, 3.8) is 0 Å². The van der Waals surface area contributed by atoms with Gasteiger partial charge < -0.3 is 25.4 Å². The van der Waals surface area contributed by atoms with Crippen LogP contribution in [0.5, 0.6) is 0 Å². The molecule has 0 saturated carbocycles. The summed E-state index contributed by atoms with van der Waals surface area (Å²) in [5.41, 5.74) is 18.0. The van der Waals surface area contributed by atoms with E-state index in [1.807, 2.05) is 45.4 Å². The summed E-state index contributed by atoms with van der Waals surface area (Å²) >= 11 is 0. The van der Waals surface area contributed by atoms with Gasteiger partial charge >= 0.3 is 0 Å². The molecule has 4 aliphatic heterocycles. The fourth-order valence-corrected chi connectivity index (χ4v) is 10.9. The first kappa shape index (κ1) is 50.3. The van der Waals surface area contributed by atoms with E-state index in [4.69, 9.17) is 15.0 Å². The highest BCUT2D eigenvalue weighted by Crippen LogP contribution is 2.49. The number of aromatic nitrogens is 4. The highest BCUT2D eigenvalue weighted by Gasteiger charge is 2.42. The lowest BCUT2D eigenvalue weighted by molar-refractivity contribution is -0.121. The van der Waals surface area contributed by atoms with E-state index >= 15 is 4.39 Å². The number of anilines is 2. The van der Waals surface area contributed by atoms with Crippen molar-refractivity contribution in [2.45, 2.75) is 112 Å². The summed E-state index contributed by atoms with van der Waals surface area (Å²) < 4.78 is 15.2. The van der Waals surface area contributed by atoms with Crippen LogP contribution in [-0.4, -0.2) is 87.3 Å². The summed E-state index contributed by atoms with van der Waals surface area (Å²) in [6.07, 6.45) is 14.5. The molecule has 2 fully saturated rings. The number of aromatic amines is 1. The van der Waals surface area contributed by atoms with Gasteiger partial charge in [-0.3, -0.25) is 24.7 Å². The third-order valence-corrected chi connectivity index (χ3v) is 16.3. The van der Waals surface area contributed by atoms with Crippen LogP contribution in [0.2, 0.25) is 0 Å². The topological polar surface area (TPSA) is 127 Å². The molecule has 3 N–H and O–H groups in total. The Kier molecular flexibility index (Phi) is 14.6. The van der Waals surface area contributed by atoms with Crippen molar-refractivity contribution in [3.05, 3.63) is 113 Å². The molecule has 10 rings (SSSR count). The third kappa shape index (κ3) is 9.34. The van der Waals surface area contributed by atoms with Crippen LogP contribution in [-0.2, 0) is 22.0 Å². The number of halogens is 1. The molecular weight excluding hydrogens is 872 g/mol. The van der Waals surface area contributed by atoms with E-state index in [1.54, 1.807) is 12.3 Å². The van der Waals surface area contributed by atoms with Crippen LogP contribution >= 0.6 is 0 Å². The number of hydrogen-bond donors (Lipinski definition) is 3. The average Bonchev–Trinajstić information content (AvgIpc) is 4.11. The second-order valence-corrected chi connectivity index (χ2v) is 20.8. The molecular formula is C58H81FN10O. The SMILES string of the molecule is C=C=C(Nc1cnc2c(c1)C(c1cc3c(cn1)N=C(C)C3(C)C(C)C)=CC2)C1CCN(C)CC1.CC.CC1=Nc2c(F)cc(-c3c[nH]c4ncc(NC(=O)C5CCN(C)CC5)cc34)cc2C1(C)C(C)C.[HH].[HH].[HH].[HH]. The number of fused-ring (bicyclic) bond motifs is 4. The highest BCUT2D eigenvalue weighted by atomic mass is 19.1. The van der Waals surface area contributed by atoms with Crippen LogP contribution < -0.4 is 10.6 Å². The summed E-state index contributed by atoms with van der Waals surface area (Å²) in [5, 5.41) is 7.48. The van der Waals surface area contributed by atoms with Crippen LogP contribution in [0, 0.1) is 29.5 Å². The van der Waals surface area contributed by atoms with Gasteiger partial charge in [-0.05, 0) is 153 Å². The molecule has 12 heteroatoms. The van der Waals surface area contributed by atoms with Crippen molar-refractivity contribution in [2.75, 3.05) is 50.9 Å². The lowest BCUT2D eigenvalue weighted by Gasteiger charge is -2.31. The molecule has 0 bridgehead atoms. The monoisotopic (exact) mass is 953 g/mol. The van der Waals surface area contributed by atoms with Crippen molar-refractivity contribution in [1.82, 2.24) is 29.7 Å². The summed E-state index contributed by atoms with van der Waals surface area (Å²) in [7, 11) is 4.27. The number of pyridine rings is 3. The minimum atomic E-state index is -0.316. The summed E-state index contributed by atoms with van der Waals surface area (Å²) in [4.78, 5) is 44.2. The van der Waals surface area contributed by atoms with E-state index in [2.05, 4.69) is 135 Å². The minimum Gasteiger partial charge on any atom is -0.351 e. The molecule has 8 heterocycles. The number of piperidine rings is 2. The number of likely N-dealkylation sites (tertiary alicyclic amines) is 2. The number of nitrogens with zero attached hydrogens (tertiary/aromatic N) is 7. The van der Waals surface area contributed by atoms with Gasteiger partial charge in [-0.1, -0.05) is 54.2 Å². The number of carbonyl (C=O) groups excluding carboxylic acids is 1. The predicted molar refractivity (Wildman–Crippen MR) is 296 cm³/mol. The molecule has 70 heavy (non-hydrogen) atoms. The van der Waals surface area contributed by atoms with Gasteiger partial charge in [0, 0.05) is 74.5 Å². The summed E-state index contributed by atoms with van der Waals surface area (Å²) in [6, 6.07) is 10.0. The number of allylic oxidation sites excluding steroid dienone is 2. The van der Waals surface area contributed by atoms with E-state index in [0.717, 1.165) is 126 Å². The molecule has 5 aromatic rings. The molecule has 11 nitrogen and oxygen atoms in total. The normalized spacial score (nSPS) is 21.2. The predicted octanol–water partition coefficient (Wildman–Crippen LogP) is 13.6. The van der Waals surface area contributed by atoms with Crippen molar-refractivity contribution in [2.24, 2.45) is 33.7 Å². The fourth-order valence-electron chi connectivity index (χ4n) is 10.9. The Morgan fingerprint density at radius 2 is 1.41 bits per heavy atom. The van der Waals surface area contributed by atoms with Gasteiger partial charge in [0.2, 0.25) is 5.91 Å². The van der Waals surface area contributed by atoms with Gasteiger partial charge in [-0.25, -0.2) is 9.37 Å².